The van der Waals surface area contributed by atoms with Gasteiger partial charge in [0.15, 0.2) is 0 Å². The highest BCUT2D eigenvalue weighted by molar-refractivity contribution is 7.89. The molecule has 0 bridgehead atoms. The van der Waals surface area contributed by atoms with Crippen LogP contribution in [0.4, 0.5) is 5.69 Å². The first kappa shape index (κ1) is 16.1. The largest absolute Gasteiger partial charge is 0.398 e. The van der Waals surface area contributed by atoms with Gasteiger partial charge in [-0.3, -0.25) is 0 Å². The Bertz CT molecular complexity index is 750. The highest BCUT2D eigenvalue weighted by Crippen LogP contribution is 2.33. The van der Waals surface area contributed by atoms with E-state index in [0.29, 0.717) is 5.82 Å². The number of imidazole rings is 1. The van der Waals surface area contributed by atoms with Crippen molar-refractivity contribution in [2.24, 2.45) is 7.05 Å². The second-order valence-electron chi connectivity index (χ2n) is 4.52. The van der Waals surface area contributed by atoms with E-state index in [1.165, 1.54) is 19.2 Å². The molecule has 1 aromatic carbocycles. The van der Waals surface area contributed by atoms with E-state index in [0.717, 1.165) is 4.31 Å². The molecule has 0 aliphatic carbocycles. The van der Waals surface area contributed by atoms with Crippen LogP contribution in [0.25, 0.3) is 0 Å². The predicted octanol–water partition coefficient (Wildman–Crippen LogP) is 2.13. The van der Waals surface area contributed by atoms with Gasteiger partial charge in [-0.1, -0.05) is 23.2 Å². The average molecular weight is 349 g/mol. The third-order valence-corrected chi connectivity index (χ3v) is 5.54. The maximum atomic E-state index is 12.6. The highest BCUT2D eigenvalue weighted by Gasteiger charge is 2.27. The van der Waals surface area contributed by atoms with Gasteiger partial charge < -0.3 is 10.3 Å². The Balaban J connectivity index is 2.40. The number of aromatic nitrogens is 2. The lowest BCUT2D eigenvalue weighted by atomic mass is 10.3. The Hall–Kier alpha value is -1.28. The van der Waals surface area contributed by atoms with Gasteiger partial charge in [0.1, 0.15) is 10.7 Å². The summed E-state index contributed by atoms with van der Waals surface area (Å²) in [6.07, 6.45) is 3.33. The van der Waals surface area contributed by atoms with E-state index in [9.17, 15) is 8.42 Å². The zero-order valence-electron chi connectivity index (χ0n) is 11.4. The van der Waals surface area contributed by atoms with Gasteiger partial charge in [-0.25, -0.2) is 13.4 Å². The number of aryl methyl sites for hydroxylation is 1. The molecule has 2 N–H and O–H groups in total. The number of benzene rings is 1. The molecular formula is C12H14Cl2N4O2S. The molecule has 1 heterocycles. The number of sulfonamides is 1. The zero-order chi connectivity index (χ0) is 15.8. The van der Waals surface area contributed by atoms with Gasteiger partial charge in [-0.05, 0) is 12.1 Å². The maximum absolute atomic E-state index is 12.6. The van der Waals surface area contributed by atoms with E-state index >= 15 is 0 Å². The smallest absolute Gasteiger partial charge is 0.246 e. The molecule has 0 aliphatic rings. The number of anilines is 1. The van der Waals surface area contributed by atoms with Gasteiger partial charge in [-0.15, -0.1) is 0 Å². The van der Waals surface area contributed by atoms with Crippen LogP contribution in [-0.4, -0.2) is 29.3 Å². The number of hydrogen-bond acceptors (Lipinski definition) is 4. The minimum Gasteiger partial charge on any atom is -0.398 e. The van der Waals surface area contributed by atoms with E-state index in [-0.39, 0.29) is 27.2 Å². The average Bonchev–Trinajstić information content (AvgIpc) is 2.73. The molecule has 21 heavy (non-hydrogen) atoms. The number of nitrogen functional groups attached to an aromatic ring is 1. The van der Waals surface area contributed by atoms with Crippen LogP contribution in [0.3, 0.4) is 0 Å². The first-order valence-corrected chi connectivity index (χ1v) is 8.10. The summed E-state index contributed by atoms with van der Waals surface area (Å²) in [5.74, 6) is 0.602. The molecule has 0 unspecified atom stereocenters. The molecule has 0 saturated carbocycles. The Morgan fingerprint density at radius 1 is 1.38 bits per heavy atom. The van der Waals surface area contributed by atoms with Gasteiger partial charge >= 0.3 is 0 Å². The molecule has 0 fully saturated rings. The second kappa shape index (κ2) is 5.84. The summed E-state index contributed by atoms with van der Waals surface area (Å²) in [7, 11) is -0.622. The van der Waals surface area contributed by atoms with Crippen LogP contribution in [0.1, 0.15) is 5.82 Å². The van der Waals surface area contributed by atoms with Crippen molar-refractivity contribution >= 4 is 38.9 Å². The number of halogens is 2. The summed E-state index contributed by atoms with van der Waals surface area (Å²) in [6.45, 7) is 0.101. The lowest BCUT2D eigenvalue weighted by Crippen LogP contribution is -2.28. The van der Waals surface area contributed by atoms with Crippen molar-refractivity contribution in [3.8, 4) is 0 Å². The minimum absolute atomic E-state index is 0.00769. The fourth-order valence-electron chi connectivity index (χ4n) is 1.84. The van der Waals surface area contributed by atoms with Crippen LogP contribution in [-0.2, 0) is 23.6 Å². The SMILES string of the molecule is CN(Cc1nccn1C)S(=O)(=O)c1c(N)cc(Cl)cc1Cl. The summed E-state index contributed by atoms with van der Waals surface area (Å²) in [5.41, 5.74) is 5.77. The summed E-state index contributed by atoms with van der Waals surface area (Å²) < 4.78 is 28.1. The Morgan fingerprint density at radius 2 is 2.05 bits per heavy atom. The third kappa shape index (κ3) is 3.16. The molecule has 114 valence electrons. The monoisotopic (exact) mass is 348 g/mol. The standard InChI is InChI=1S/C12H14Cl2N4O2S/c1-17-4-3-16-11(17)7-18(2)21(19,20)12-9(14)5-8(13)6-10(12)15/h3-6H,7,15H2,1-2H3. The molecule has 0 saturated heterocycles. The lowest BCUT2D eigenvalue weighted by Gasteiger charge is -2.19. The van der Waals surface area contributed by atoms with E-state index in [1.54, 1.807) is 24.0 Å². The highest BCUT2D eigenvalue weighted by atomic mass is 35.5. The van der Waals surface area contributed by atoms with E-state index < -0.39 is 10.0 Å². The first-order valence-electron chi connectivity index (χ1n) is 5.90. The Morgan fingerprint density at radius 3 is 2.57 bits per heavy atom. The summed E-state index contributed by atoms with van der Waals surface area (Å²) >= 11 is 11.8. The third-order valence-electron chi connectivity index (χ3n) is 2.99. The van der Waals surface area contributed by atoms with Crippen molar-refractivity contribution in [3.05, 3.63) is 40.4 Å². The topological polar surface area (TPSA) is 81.2 Å². The normalized spacial score (nSPS) is 12.0. The zero-order valence-corrected chi connectivity index (χ0v) is 13.7. The molecule has 1 aromatic heterocycles. The number of nitrogens with zero attached hydrogens (tertiary/aromatic N) is 3. The van der Waals surface area contributed by atoms with Crippen LogP contribution in [0.2, 0.25) is 10.0 Å². The summed E-state index contributed by atoms with van der Waals surface area (Å²) in [6, 6.07) is 2.70. The lowest BCUT2D eigenvalue weighted by molar-refractivity contribution is 0.451. The van der Waals surface area contributed by atoms with Gasteiger partial charge in [0, 0.05) is 31.5 Å². The maximum Gasteiger partial charge on any atom is 0.246 e. The van der Waals surface area contributed by atoms with Crippen LogP contribution < -0.4 is 5.73 Å². The number of nitrogens with two attached hydrogens (primary N) is 1. The fraction of sp³-hybridized carbons (Fsp3) is 0.250. The van der Waals surface area contributed by atoms with Crippen molar-refractivity contribution in [1.29, 1.82) is 0 Å². The summed E-state index contributed by atoms with van der Waals surface area (Å²) in [4.78, 5) is 3.95. The quantitative estimate of drug-likeness (QED) is 0.858. The van der Waals surface area contributed by atoms with Crippen LogP contribution >= 0.6 is 23.2 Å². The van der Waals surface area contributed by atoms with Crippen LogP contribution in [0.5, 0.6) is 0 Å². The first-order chi connectivity index (χ1) is 9.73. The van der Waals surface area contributed by atoms with E-state index in [2.05, 4.69) is 4.98 Å². The van der Waals surface area contributed by atoms with E-state index in [1.807, 2.05) is 0 Å². The van der Waals surface area contributed by atoms with E-state index in [4.69, 9.17) is 28.9 Å². The molecule has 0 aliphatic heterocycles. The molecule has 0 atom stereocenters. The van der Waals surface area contributed by atoms with Crippen molar-refractivity contribution < 1.29 is 8.42 Å². The van der Waals surface area contributed by atoms with Crippen molar-refractivity contribution in [2.75, 3.05) is 12.8 Å². The molecular weight excluding hydrogens is 335 g/mol. The van der Waals surface area contributed by atoms with Crippen LogP contribution in [0, 0.1) is 0 Å². The molecule has 0 spiro atoms. The molecule has 0 amide bonds. The van der Waals surface area contributed by atoms with Gasteiger partial charge in [-0.2, -0.15) is 4.31 Å². The molecule has 9 heteroatoms. The Labute approximate surface area is 133 Å². The van der Waals surface area contributed by atoms with Gasteiger partial charge in [0.25, 0.3) is 0 Å². The Kier molecular flexibility index (Phi) is 4.48. The van der Waals surface area contributed by atoms with Crippen molar-refractivity contribution in [3.63, 3.8) is 0 Å². The second-order valence-corrected chi connectivity index (χ2v) is 7.35. The molecule has 0 radical (unpaired) electrons. The molecule has 2 rings (SSSR count). The molecule has 2 aromatic rings. The predicted molar refractivity (Wildman–Crippen MR) is 82.7 cm³/mol. The number of hydrogen-bond donors (Lipinski definition) is 1. The fourth-order valence-corrected chi connectivity index (χ4v) is 3.90. The van der Waals surface area contributed by atoms with Gasteiger partial charge in [0.2, 0.25) is 10.0 Å². The molecule has 6 nitrogen and oxygen atoms in total. The van der Waals surface area contributed by atoms with Crippen LogP contribution in [0.15, 0.2) is 29.4 Å². The number of rotatable bonds is 4. The van der Waals surface area contributed by atoms with Crippen molar-refractivity contribution in [2.45, 2.75) is 11.4 Å². The van der Waals surface area contributed by atoms with Crippen molar-refractivity contribution in [1.82, 2.24) is 13.9 Å². The summed E-state index contributed by atoms with van der Waals surface area (Å²) in [5, 5.41) is 0.273. The minimum atomic E-state index is -3.85. The van der Waals surface area contributed by atoms with Gasteiger partial charge in [0.05, 0.1) is 17.3 Å².